The Bertz CT molecular complexity index is 295. The second-order valence-electron chi connectivity index (χ2n) is 2.08. The van der Waals surface area contributed by atoms with Crippen molar-refractivity contribution in [2.75, 3.05) is 0 Å². The van der Waals surface area contributed by atoms with E-state index in [-0.39, 0.29) is 6.04 Å². The molecule has 0 amide bonds. The highest BCUT2D eigenvalue weighted by Gasteiger charge is 2.03. The second-order valence-corrected chi connectivity index (χ2v) is 3.19. The van der Waals surface area contributed by atoms with Crippen molar-refractivity contribution in [1.29, 1.82) is 5.26 Å². The smallest absolute Gasteiger partial charge is 0.110 e. The number of nitriles is 1. The molecule has 1 unspecified atom stereocenters. The fourth-order valence-corrected chi connectivity index (χ4v) is 1.51. The number of thiophene rings is 1. The van der Waals surface area contributed by atoms with Gasteiger partial charge in [0.25, 0.3) is 0 Å². The third-order valence-corrected chi connectivity index (χ3v) is 2.41. The Morgan fingerprint density at radius 1 is 1.73 bits per heavy atom. The molecule has 3 heteroatoms. The van der Waals surface area contributed by atoms with Gasteiger partial charge in [-0.2, -0.15) is 5.26 Å². The molecule has 1 heterocycles. The van der Waals surface area contributed by atoms with Gasteiger partial charge in [0.15, 0.2) is 0 Å². The SMILES string of the molecule is C=CC(N)c1ccc(C#N)s1. The Kier molecular flexibility index (Phi) is 2.42. The minimum absolute atomic E-state index is 0.137. The maximum Gasteiger partial charge on any atom is 0.110 e. The lowest BCUT2D eigenvalue weighted by atomic mass is 10.2. The van der Waals surface area contributed by atoms with E-state index in [0.717, 1.165) is 4.88 Å². The first-order valence-electron chi connectivity index (χ1n) is 3.16. The van der Waals surface area contributed by atoms with Crippen LogP contribution >= 0.6 is 11.3 Å². The minimum Gasteiger partial charge on any atom is -0.320 e. The maximum absolute atomic E-state index is 8.50. The Labute approximate surface area is 69.6 Å². The van der Waals surface area contributed by atoms with Crippen LogP contribution < -0.4 is 5.73 Å². The molecule has 0 aliphatic carbocycles. The first kappa shape index (κ1) is 7.99. The predicted octanol–water partition coefficient (Wildman–Crippen LogP) is 1.81. The van der Waals surface area contributed by atoms with Crippen molar-refractivity contribution in [1.82, 2.24) is 0 Å². The van der Waals surface area contributed by atoms with Crippen LogP contribution in [0, 0.1) is 11.3 Å². The Hall–Kier alpha value is -1.11. The van der Waals surface area contributed by atoms with E-state index in [1.807, 2.05) is 6.07 Å². The second kappa shape index (κ2) is 3.33. The van der Waals surface area contributed by atoms with Crippen LogP contribution in [-0.2, 0) is 0 Å². The zero-order valence-electron chi connectivity index (χ0n) is 5.95. The molecule has 1 rings (SSSR count). The highest BCUT2D eigenvalue weighted by atomic mass is 32.1. The molecule has 1 aromatic heterocycles. The molecule has 0 aliphatic rings. The minimum atomic E-state index is -0.137. The zero-order valence-corrected chi connectivity index (χ0v) is 6.77. The van der Waals surface area contributed by atoms with E-state index < -0.39 is 0 Å². The molecule has 2 nitrogen and oxygen atoms in total. The average Bonchev–Trinajstić information content (AvgIpc) is 2.50. The molecule has 56 valence electrons. The number of hydrogen-bond donors (Lipinski definition) is 1. The van der Waals surface area contributed by atoms with Crippen LogP contribution in [0.4, 0.5) is 0 Å². The lowest BCUT2D eigenvalue weighted by molar-refractivity contribution is 0.940. The van der Waals surface area contributed by atoms with Crippen molar-refractivity contribution in [2.45, 2.75) is 6.04 Å². The fraction of sp³-hybridized carbons (Fsp3) is 0.125. The molecule has 0 fully saturated rings. The standard InChI is InChI=1S/C8H8N2S/c1-2-7(10)8-4-3-6(5-9)11-8/h2-4,7H,1,10H2. The van der Waals surface area contributed by atoms with E-state index in [9.17, 15) is 0 Å². The summed E-state index contributed by atoms with van der Waals surface area (Å²) in [4.78, 5) is 1.67. The van der Waals surface area contributed by atoms with Gasteiger partial charge in [-0.05, 0) is 12.1 Å². The summed E-state index contributed by atoms with van der Waals surface area (Å²) in [6.07, 6.45) is 1.66. The van der Waals surface area contributed by atoms with Crippen LogP contribution in [0.3, 0.4) is 0 Å². The third kappa shape index (κ3) is 1.67. The van der Waals surface area contributed by atoms with Crippen molar-refractivity contribution < 1.29 is 0 Å². The quantitative estimate of drug-likeness (QED) is 0.677. The molecule has 0 saturated carbocycles. The van der Waals surface area contributed by atoms with Crippen LogP contribution in [0.2, 0.25) is 0 Å². The summed E-state index contributed by atoms with van der Waals surface area (Å²) in [5.41, 5.74) is 5.65. The topological polar surface area (TPSA) is 49.8 Å². The molecule has 0 radical (unpaired) electrons. The maximum atomic E-state index is 8.50. The summed E-state index contributed by atoms with van der Waals surface area (Å²) < 4.78 is 0. The van der Waals surface area contributed by atoms with Crippen LogP contribution in [0.1, 0.15) is 15.8 Å². The largest absolute Gasteiger partial charge is 0.320 e. The molecular formula is C8H8N2S. The number of nitrogens with two attached hydrogens (primary N) is 1. The van der Waals surface area contributed by atoms with E-state index in [0.29, 0.717) is 4.88 Å². The van der Waals surface area contributed by atoms with Crippen molar-refractivity contribution in [2.24, 2.45) is 5.73 Å². The summed E-state index contributed by atoms with van der Waals surface area (Å²) in [6, 6.07) is 5.54. The molecule has 2 N–H and O–H groups in total. The zero-order chi connectivity index (χ0) is 8.27. The summed E-state index contributed by atoms with van der Waals surface area (Å²) in [5.74, 6) is 0. The summed E-state index contributed by atoms with van der Waals surface area (Å²) in [7, 11) is 0. The van der Waals surface area contributed by atoms with Crippen molar-refractivity contribution in [3.63, 3.8) is 0 Å². The molecule has 0 bridgehead atoms. The Balaban J connectivity index is 2.90. The predicted molar refractivity (Wildman–Crippen MR) is 46.2 cm³/mol. The van der Waals surface area contributed by atoms with Crippen LogP contribution in [0.25, 0.3) is 0 Å². The van der Waals surface area contributed by atoms with Crippen molar-refractivity contribution in [3.05, 3.63) is 34.5 Å². The van der Waals surface area contributed by atoms with Gasteiger partial charge in [0.2, 0.25) is 0 Å². The third-order valence-electron chi connectivity index (χ3n) is 1.32. The molecule has 1 atom stereocenters. The molecule has 11 heavy (non-hydrogen) atoms. The highest BCUT2D eigenvalue weighted by Crippen LogP contribution is 2.21. The van der Waals surface area contributed by atoms with Crippen molar-refractivity contribution in [3.8, 4) is 6.07 Å². The normalized spacial score (nSPS) is 12.0. The molecule has 0 spiro atoms. The van der Waals surface area contributed by atoms with Gasteiger partial charge in [-0.3, -0.25) is 0 Å². The first-order chi connectivity index (χ1) is 5.27. The first-order valence-corrected chi connectivity index (χ1v) is 3.97. The van der Waals surface area contributed by atoms with Gasteiger partial charge in [-0.1, -0.05) is 6.08 Å². The van der Waals surface area contributed by atoms with Crippen LogP contribution in [0.5, 0.6) is 0 Å². The average molecular weight is 164 g/mol. The molecular weight excluding hydrogens is 156 g/mol. The van der Waals surface area contributed by atoms with Crippen LogP contribution in [-0.4, -0.2) is 0 Å². The summed E-state index contributed by atoms with van der Waals surface area (Å²) in [5, 5.41) is 8.50. The highest BCUT2D eigenvalue weighted by molar-refractivity contribution is 7.12. The fourth-order valence-electron chi connectivity index (χ4n) is 0.708. The van der Waals surface area contributed by atoms with Gasteiger partial charge >= 0.3 is 0 Å². The van der Waals surface area contributed by atoms with Gasteiger partial charge in [-0.15, -0.1) is 17.9 Å². The molecule has 0 saturated heterocycles. The van der Waals surface area contributed by atoms with Gasteiger partial charge in [0, 0.05) is 4.88 Å². The molecule has 1 aromatic rings. The van der Waals surface area contributed by atoms with Gasteiger partial charge in [0.1, 0.15) is 10.9 Å². The lowest BCUT2D eigenvalue weighted by Crippen LogP contribution is -2.03. The van der Waals surface area contributed by atoms with Gasteiger partial charge in [0.05, 0.1) is 6.04 Å². The summed E-state index contributed by atoms with van der Waals surface area (Å²) >= 11 is 1.41. The number of nitrogens with zero attached hydrogens (tertiary/aromatic N) is 1. The van der Waals surface area contributed by atoms with E-state index >= 15 is 0 Å². The van der Waals surface area contributed by atoms with E-state index in [1.165, 1.54) is 11.3 Å². The number of rotatable bonds is 2. The van der Waals surface area contributed by atoms with Crippen molar-refractivity contribution >= 4 is 11.3 Å². The lowest BCUT2D eigenvalue weighted by Gasteiger charge is -1.98. The van der Waals surface area contributed by atoms with E-state index in [1.54, 1.807) is 12.1 Å². The van der Waals surface area contributed by atoms with Gasteiger partial charge < -0.3 is 5.73 Å². The van der Waals surface area contributed by atoms with Gasteiger partial charge in [-0.25, -0.2) is 0 Å². The number of hydrogen-bond acceptors (Lipinski definition) is 3. The molecule has 0 aliphatic heterocycles. The van der Waals surface area contributed by atoms with Crippen LogP contribution in [0.15, 0.2) is 24.8 Å². The monoisotopic (exact) mass is 164 g/mol. The van der Waals surface area contributed by atoms with E-state index in [2.05, 4.69) is 12.6 Å². The summed E-state index contributed by atoms with van der Waals surface area (Å²) in [6.45, 7) is 3.57. The molecule has 0 aromatic carbocycles. The Morgan fingerprint density at radius 3 is 2.91 bits per heavy atom. The Morgan fingerprint density at radius 2 is 2.45 bits per heavy atom. The van der Waals surface area contributed by atoms with E-state index in [4.69, 9.17) is 11.0 Å².